The van der Waals surface area contributed by atoms with Gasteiger partial charge in [-0.2, -0.15) is 0 Å². The fraction of sp³-hybridized carbons (Fsp3) is 0.200. The summed E-state index contributed by atoms with van der Waals surface area (Å²) < 4.78 is 10.8. The number of ether oxygens (including phenoxy) is 1. The summed E-state index contributed by atoms with van der Waals surface area (Å²) in [6.07, 6.45) is 0.615. The van der Waals surface area contributed by atoms with E-state index in [2.05, 4.69) is 10.3 Å². The topological polar surface area (TPSA) is 64.4 Å². The number of hydrogen-bond acceptors (Lipinski definition) is 4. The summed E-state index contributed by atoms with van der Waals surface area (Å²) in [6.45, 7) is 2.38. The van der Waals surface area contributed by atoms with Crippen LogP contribution in [0, 0.1) is 6.92 Å². The van der Waals surface area contributed by atoms with Crippen LogP contribution in [0.5, 0.6) is 5.75 Å². The first kappa shape index (κ1) is 16.8. The van der Waals surface area contributed by atoms with Gasteiger partial charge in [-0.25, -0.2) is 4.98 Å². The molecule has 0 saturated carbocycles. The molecule has 0 bridgehead atoms. The van der Waals surface area contributed by atoms with Crippen molar-refractivity contribution in [3.05, 3.63) is 71.6 Å². The molecule has 0 radical (unpaired) electrons. The molecule has 0 atom stereocenters. The number of aryl methyl sites for hydroxylation is 1. The van der Waals surface area contributed by atoms with Gasteiger partial charge in [-0.1, -0.05) is 18.2 Å². The van der Waals surface area contributed by atoms with E-state index in [1.807, 2.05) is 37.3 Å². The van der Waals surface area contributed by atoms with Crippen molar-refractivity contribution in [1.29, 1.82) is 0 Å². The van der Waals surface area contributed by atoms with Crippen molar-refractivity contribution in [1.82, 2.24) is 10.3 Å². The average Bonchev–Trinajstić information content (AvgIpc) is 3.03. The van der Waals surface area contributed by atoms with Gasteiger partial charge in [0.2, 0.25) is 5.89 Å². The molecular weight excluding hydrogens is 316 g/mol. The monoisotopic (exact) mass is 336 g/mol. The zero-order valence-corrected chi connectivity index (χ0v) is 14.3. The Bertz CT molecular complexity index is 839. The Hall–Kier alpha value is -3.08. The van der Waals surface area contributed by atoms with Crippen LogP contribution in [0.4, 0.5) is 0 Å². The van der Waals surface area contributed by atoms with Gasteiger partial charge in [-0.05, 0) is 43.3 Å². The highest BCUT2D eigenvalue weighted by atomic mass is 16.5. The number of benzene rings is 2. The number of rotatable bonds is 6. The lowest BCUT2D eigenvalue weighted by molar-refractivity contribution is 0.0954. The predicted molar refractivity (Wildman–Crippen MR) is 95.7 cm³/mol. The van der Waals surface area contributed by atoms with E-state index in [1.54, 1.807) is 31.4 Å². The molecule has 0 aliphatic rings. The SMILES string of the molecule is COc1ccc(C(=O)NCCc2nc(-c3ccccc3)oc2C)cc1. The molecule has 0 spiro atoms. The van der Waals surface area contributed by atoms with Crippen molar-refractivity contribution < 1.29 is 13.9 Å². The van der Waals surface area contributed by atoms with Gasteiger partial charge >= 0.3 is 0 Å². The van der Waals surface area contributed by atoms with Crippen molar-refractivity contribution in [2.24, 2.45) is 0 Å². The Morgan fingerprint density at radius 2 is 1.84 bits per heavy atom. The van der Waals surface area contributed by atoms with E-state index >= 15 is 0 Å². The minimum atomic E-state index is -0.118. The second-order valence-electron chi connectivity index (χ2n) is 5.62. The largest absolute Gasteiger partial charge is 0.497 e. The lowest BCUT2D eigenvalue weighted by Gasteiger charge is -2.05. The number of methoxy groups -OCH3 is 1. The van der Waals surface area contributed by atoms with Crippen LogP contribution in [-0.4, -0.2) is 24.5 Å². The summed E-state index contributed by atoms with van der Waals surface area (Å²) in [5, 5.41) is 2.90. The lowest BCUT2D eigenvalue weighted by atomic mass is 10.2. The smallest absolute Gasteiger partial charge is 0.251 e. The van der Waals surface area contributed by atoms with Gasteiger partial charge in [0.25, 0.3) is 5.91 Å². The molecule has 0 fully saturated rings. The zero-order chi connectivity index (χ0) is 17.6. The minimum Gasteiger partial charge on any atom is -0.497 e. The van der Waals surface area contributed by atoms with E-state index in [1.165, 1.54) is 0 Å². The standard InChI is InChI=1S/C20H20N2O3/c1-14-18(22-20(25-14)16-6-4-3-5-7-16)12-13-21-19(23)15-8-10-17(24-2)11-9-15/h3-11H,12-13H2,1-2H3,(H,21,23). The maximum atomic E-state index is 12.2. The Kier molecular flexibility index (Phi) is 5.14. The molecule has 0 aliphatic carbocycles. The van der Waals surface area contributed by atoms with E-state index in [4.69, 9.17) is 9.15 Å². The van der Waals surface area contributed by atoms with Crippen molar-refractivity contribution in [3.63, 3.8) is 0 Å². The highest BCUT2D eigenvalue weighted by Gasteiger charge is 2.12. The van der Waals surface area contributed by atoms with Crippen molar-refractivity contribution in [2.75, 3.05) is 13.7 Å². The van der Waals surface area contributed by atoms with Crippen LogP contribution in [0.1, 0.15) is 21.8 Å². The molecule has 2 aromatic carbocycles. The summed E-state index contributed by atoms with van der Waals surface area (Å²) in [5.74, 6) is 1.99. The molecule has 5 heteroatoms. The number of nitrogens with one attached hydrogen (secondary N) is 1. The van der Waals surface area contributed by atoms with E-state index in [0.29, 0.717) is 24.4 Å². The number of aromatic nitrogens is 1. The van der Waals surface area contributed by atoms with Gasteiger partial charge < -0.3 is 14.5 Å². The molecule has 0 aliphatic heterocycles. The maximum absolute atomic E-state index is 12.2. The van der Waals surface area contributed by atoms with E-state index < -0.39 is 0 Å². The van der Waals surface area contributed by atoms with Crippen LogP contribution in [0.15, 0.2) is 59.0 Å². The van der Waals surface area contributed by atoms with Crippen LogP contribution >= 0.6 is 0 Å². The second-order valence-corrected chi connectivity index (χ2v) is 5.62. The van der Waals surface area contributed by atoms with E-state index in [0.717, 1.165) is 22.8 Å². The van der Waals surface area contributed by atoms with E-state index in [-0.39, 0.29) is 5.91 Å². The fourth-order valence-corrected chi connectivity index (χ4v) is 2.50. The molecule has 1 N–H and O–H groups in total. The molecule has 0 unspecified atom stereocenters. The average molecular weight is 336 g/mol. The molecule has 1 aromatic heterocycles. The van der Waals surface area contributed by atoms with Crippen LogP contribution in [0.25, 0.3) is 11.5 Å². The number of hydrogen-bond donors (Lipinski definition) is 1. The number of carbonyl (C=O) groups excluding carboxylic acids is 1. The molecule has 0 saturated heterocycles. The Labute approximate surface area is 146 Å². The van der Waals surface area contributed by atoms with Crippen molar-refractivity contribution in [3.8, 4) is 17.2 Å². The van der Waals surface area contributed by atoms with Crippen molar-refractivity contribution in [2.45, 2.75) is 13.3 Å². The number of nitrogens with zero attached hydrogens (tertiary/aromatic N) is 1. The van der Waals surface area contributed by atoms with Crippen molar-refractivity contribution >= 4 is 5.91 Å². The first-order valence-electron chi connectivity index (χ1n) is 8.11. The first-order valence-corrected chi connectivity index (χ1v) is 8.11. The van der Waals surface area contributed by atoms with Crippen LogP contribution in [0.3, 0.4) is 0 Å². The normalized spacial score (nSPS) is 10.5. The number of oxazole rings is 1. The minimum absolute atomic E-state index is 0.118. The third-order valence-corrected chi connectivity index (χ3v) is 3.91. The fourth-order valence-electron chi connectivity index (χ4n) is 2.50. The molecule has 1 amide bonds. The molecular formula is C20H20N2O3. The predicted octanol–water partition coefficient (Wildman–Crippen LogP) is 3.63. The maximum Gasteiger partial charge on any atom is 0.251 e. The van der Waals surface area contributed by atoms with Gasteiger partial charge in [0.05, 0.1) is 12.8 Å². The molecule has 5 nitrogen and oxygen atoms in total. The zero-order valence-electron chi connectivity index (χ0n) is 14.3. The molecule has 1 heterocycles. The highest BCUT2D eigenvalue weighted by Crippen LogP contribution is 2.21. The molecule has 3 rings (SSSR count). The number of amides is 1. The Morgan fingerprint density at radius 1 is 1.12 bits per heavy atom. The van der Waals surface area contributed by atoms with Crippen LogP contribution in [0.2, 0.25) is 0 Å². The quantitative estimate of drug-likeness (QED) is 0.746. The van der Waals surface area contributed by atoms with Gasteiger partial charge in [0.1, 0.15) is 11.5 Å². The third-order valence-electron chi connectivity index (χ3n) is 3.91. The Balaban J connectivity index is 1.58. The summed E-state index contributed by atoms with van der Waals surface area (Å²) in [6, 6.07) is 16.8. The van der Waals surface area contributed by atoms with Crippen LogP contribution in [-0.2, 0) is 6.42 Å². The summed E-state index contributed by atoms with van der Waals surface area (Å²) in [4.78, 5) is 16.7. The summed E-state index contributed by atoms with van der Waals surface area (Å²) in [5.41, 5.74) is 2.40. The van der Waals surface area contributed by atoms with E-state index in [9.17, 15) is 4.79 Å². The lowest BCUT2D eigenvalue weighted by Crippen LogP contribution is -2.25. The number of carbonyl (C=O) groups is 1. The molecule has 3 aromatic rings. The van der Waals surface area contributed by atoms with Crippen LogP contribution < -0.4 is 10.1 Å². The van der Waals surface area contributed by atoms with Gasteiger partial charge in [0.15, 0.2) is 0 Å². The van der Waals surface area contributed by atoms with Gasteiger partial charge in [-0.15, -0.1) is 0 Å². The highest BCUT2D eigenvalue weighted by molar-refractivity contribution is 5.94. The molecule has 25 heavy (non-hydrogen) atoms. The van der Waals surface area contributed by atoms with Gasteiger partial charge in [0, 0.05) is 24.1 Å². The summed E-state index contributed by atoms with van der Waals surface area (Å²) in [7, 11) is 1.60. The Morgan fingerprint density at radius 3 is 2.52 bits per heavy atom. The van der Waals surface area contributed by atoms with Gasteiger partial charge in [-0.3, -0.25) is 4.79 Å². The summed E-state index contributed by atoms with van der Waals surface area (Å²) >= 11 is 0. The molecule has 128 valence electrons. The third kappa shape index (κ3) is 4.07. The second kappa shape index (κ2) is 7.66. The first-order chi connectivity index (χ1) is 12.2.